The van der Waals surface area contributed by atoms with Crippen LogP contribution in [-0.2, 0) is 11.2 Å². The van der Waals surface area contributed by atoms with E-state index < -0.39 is 0 Å². The Hall–Kier alpha value is -1.35. The number of nitrogens with one attached hydrogen (secondary N) is 2. The number of carbonyl (C=O) groups excluding carboxylic acids is 1. The third-order valence-electron chi connectivity index (χ3n) is 3.20. The van der Waals surface area contributed by atoms with Gasteiger partial charge in [0.25, 0.3) is 0 Å². The topological polar surface area (TPSA) is 41.1 Å². The van der Waals surface area contributed by atoms with Gasteiger partial charge in [-0.15, -0.1) is 0 Å². The lowest BCUT2D eigenvalue weighted by Crippen LogP contribution is -2.23. The van der Waals surface area contributed by atoms with Crippen LogP contribution in [0, 0.1) is 5.92 Å². The third kappa shape index (κ3) is 3.56. The number of benzene rings is 1. The van der Waals surface area contributed by atoms with Gasteiger partial charge < -0.3 is 10.6 Å². The standard InChI is InChI=1S/C14H20N2O/c1-10(15-2)9-11-3-7-13(8-4-11)16-14(17)12-5-6-12/h3-4,7-8,10,12,15H,5-6,9H2,1-2H3,(H,16,17). The molecule has 1 aliphatic rings. The smallest absolute Gasteiger partial charge is 0.227 e. The van der Waals surface area contributed by atoms with Crippen LogP contribution >= 0.6 is 0 Å². The van der Waals surface area contributed by atoms with Gasteiger partial charge in [0, 0.05) is 17.6 Å². The average Bonchev–Trinajstić information content (AvgIpc) is 3.15. The molecule has 0 bridgehead atoms. The maximum absolute atomic E-state index is 11.6. The van der Waals surface area contributed by atoms with Gasteiger partial charge in [0.15, 0.2) is 0 Å². The molecule has 0 radical (unpaired) electrons. The molecule has 1 atom stereocenters. The van der Waals surface area contributed by atoms with Crippen LogP contribution in [0.2, 0.25) is 0 Å². The summed E-state index contributed by atoms with van der Waals surface area (Å²) >= 11 is 0. The molecular weight excluding hydrogens is 212 g/mol. The Morgan fingerprint density at radius 3 is 2.53 bits per heavy atom. The van der Waals surface area contributed by atoms with E-state index in [0.717, 1.165) is 24.9 Å². The summed E-state index contributed by atoms with van der Waals surface area (Å²) < 4.78 is 0. The lowest BCUT2D eigenvalue weighted by molar-refractivity contribution is -0.117. The average molecular weight is 232 g/mol. The van der Waals surface area contributed by atoms with Crippen LogP contribution in [0.1, 0.15) is 25.3 Å². The summed E-state index contributed by atoms with van der Waals surface area (Å²) in [5.41, 5.74) is 2.19. The molecule has 1 aliphatic carbocycles. The number of rotatable bonds is 5. The molecule has 3 heteroatoms. The minimum atomic E-state index is 0.168. The largest absolute Gasteiger partial charge is 0.326 e. The minimum absolute atomic E-state index is 0.168. The van der Waals surface area contributed by atoms with E-state index in [0.29, 0.717) is 6.04 Å². The van der Waals surface area contributed by atoms with Crippen molar-refractivity contribution < 1.29 is 4.79 Å². The van der Waals surface area contributed by atoms with Crippen LogP contribution in [0.15, 0.2) is 24.3 Å². The van der Waals surface area contributed by atoms with Crippen molar-refractivity contribution in [3.8, 4) is 0 Å². The molecule has 2 rings (SSSR count). The van der Waals surface area contributed by atoms with Gasteiger partial charge in [-0.1, -0.05) is 12.1 Å². The zero-order valence-electron chi connectivity index (χ0n) is 10.5. The molecule has 1 aromatic rings. The molecule has 0 aliphatic heterocycles. The van der Waals surface area contributed by atoms with Crippen LogP contribution in [0.3, 0.4) is 0 Å². The third-order valence-corrected chi connectivity index (χ3v) is 3.20. The lowest BCUT2D eigenvalue weighted by atomic mass is 10.1. The van der Waals surface area contributed by atoms with Crippen molar-refractivity contribution in [1.29, 1.82) is 0 Å². The van der Waals surface area contributed by atoms with Gasteiger partial charge in [0.1, 0.15) is 0 Å². The first-order valence-electron chi connectivity index (χ1n) is 6.26. The molecule has 1 amide bonds. The summed E-state index contributed by atoms with van der Waals surface area (Å²) in [4.78, 5) is 11.6. The van der Waals surface area contributed by atoms with E-state index >= 15 is 0 Å². The van der Waals surface area contributed by atoms with Crippen LogP contribution in [-0.4, -0.2) is 19.0 Å². The highest BCUT2D eigenvalue weighted by Gasteiger charge is 2.29. The molecule has 1 unspecified atom stereocenters. The molecule has 2 N–H and O–H groups in total. The van der Waals surface area contributed by atoms with Crippen molar-refractivity contribution >= 4 is 11.6 Å². The highest BCUT2D eigenvalue weighted by Crippen LogP contribution is 2.30. The van der Waals surface area contributed by atoms with E-state index in [4.69, 9.17) is 0 Å². The normalized spacial score (nSPS) is 16.6. The first kappa shape index (κ1) is 12.1. The molecule has 0 saturated heterocycles. The van der Waals surface area contributed by atoms with Gasteiger partial charge in [-0.2, -0.15) is 0 Å². The van der Waals surface area contributed by atoms with E-state index in [-0.39, 0.29) is 11.8 Å². The zero-order valence-corrected chi connectivity index (χ0v) is 10.5. The van der Waals surface area contributed by atoms with Crippen molar-refractivity contribution in [2.75, 3.05) is 12.4 Å². The fourth-order valence-electron chi connectivity index (χ4n) is 1.77. The molecule has 1 fully saturated rings. The zero-order chi connectivity index (χ0) is 12.3. The molecule has 3 nitrogen and oxygen atoms in total. The maximum Gasteiger partial charge on any atom is 0.227 e. The Bertz CT molecular complexity index is 382. The number of anilines is 1. The number of amides is 1. The fourth-order valence-corrected chi connectivity index (χ4v) is 1.77. The Labute approximate surface area is 103 Å². The second-order valence-electron chi connectivity index (χ2n) is 4.85. The molecule has 0 aromatic heterocycles. The predicted molar refractivity (Wildman–Crippen MR) is 70.0 cm³/mol. The van der Waals surface area contributed by atoms with Crippen molar-refractivity contribution in [3.63, 3.8) is 0 Å². The van der Waals surface area contributed by atoms with Crippen molar-refractivity contribution in [1.82, 2.24) is 5.32 Å². The van der Waals surface area contributed by atoms with Gasteiger partial charge in [-0.05, 0) is 50.9 Å². The van der Waals surface area contributed by atoms with Gasteiger partial charge in [-0.25, -0.2) is 0 Å². The number of carbonyl (C=O) groups is 1. The van der Waals surface area contributed by atoms with Gasteiger partial charge in [-0.3, -0.25) is 4.79 Å². The van der Waals surface area contributed by atoms with E-state index in [1.165, 1.54) is 5.56 Å². The van der Waals surface area contributed by atoms with Crippen molar-refractivity contribution in [2.45, 2.75) is 32.2 Å². The second kappa shape index (κ2) is 5.32. The summed E-state index contributed by atoms with van der Waals surface area (Å²) in [6, 6.07) is 8.60. The SMILES string of the molecule is CNC(C)Cc1ccc(NC(=O)C2CC2)cc1. The van der Waals surface area contributed by atoms with E-state index in [2.05, 4.69) is 29.7 Å². The second-order valence-corrected chi connectivity index (χ2v) is 4.85. The lowest BCUT2D eigenvalue weighted by Gasteiger charge is -2.10. The maximum atomic E-state index is 11.6. The van der Waals surface area contributed by atoms with Gasteiger partial charge in [0.05, 0.1) is 0 Å². The van der Waals surface area contributed by atoms with E-state index in [1.807, 2.05) is 19.2 Å². The molecule has 17 heavy (non-hydrogen) atoms. The van der Waals surface area contributed by atoms with E-state index in [9.17, 15) is 4.79 Å². The van der Waals surface area contributed by atoms with Crippen molar-refractivity contribution in [3.05, 3.63) is 29.8 Å². The quantitative estimate of drug-likeness (QED) is 0.817. The summed E-state index contributed by atoms with van der Waals surface area (Å²) in [6.07, 6.45) is 3.10. The predicted octanol–water partition coefficient (Wildman–Crippen LogP) is 2.19. The van der Waals surface area contributed by atoms with Gasteiger partial charge >= 0.3 is 0 Å². The molecule has 1 saturated carbocycles. The Morgan fingerprint density at radius 1 is 1.35 bits per heavy atom. The van der Waals surface area contributed by atoms with Crippen molar-refractivity contribution in [2.24, 2.45) is 5.92 Å². The molecule has 92 valence electrons. The van der Waals surface area contributed by atoms with Crippen LogP contribution in [0.4, 0.5) is 5.69 Å². The van der Waals surface area contributed by atoms with Crippen LogP contribution in [0.25, 0.3) is 0 Å². The monoisotopic (exact) mass is 232 g/mol. The highest BCUT2D eigenvalue weighted by atomic mass is 16.2. The molecule has 0 heterocycles. The van der Waals surface area contributed by atoms with Crippen LogP contribution < -0.4 is 10.6 Å². The Balaban J connectivity index is 1.90. The summed E-state index contributed by atoms with van der Waals surface area (Å²) in [5, 5.41) is 6.16. The fraction of sp³-hybridized carbons (Fsp3) is 0.500. The van der Waals surface area contributed by atoms with E-state index in [1.54, 1.807) is 0 Å². The summed E-state index contributed by atoms with van der Waals surface area (Å²) in [5.74, 6) is 0.431. The Morgan fingerprint density at radius 2 is 2.00 bits per heavy atom. The van der Waals surface area contributed by atoms with Gasteiger partial charge in [0.2, 0.25) is 5.91 Å². The Kier molecular flexibility index (Phi) is 3.79. The number of hydrogen-bond donors (Lipinski definition) is 2. The molecular formula is C14H20N2O. The van der Waals surface area contributed by atoms with Crippen LogP contribution in [0.5, 0.6) is 0 Å². The number of hydrogen-bond acceptors (Lipinski definition) is 2. The summed E-state index contributed by atoms with van der Waals surface area (Å²) in [6.45, 7) is 2.16. The minimum Gasteiger partial charge on any atom is -0.326 e. The number of likely N-dealkylation sites (N-methyl/N-ethyl adjacent to an activating group) is 1. The summed E-state index contributed by atoms with van der Waals surface area (Å²) in [7, 11) is 1.97. The first-order chi connectivity index (χ1) is 8.19. The molecule has 1 aromatic carbocycles. The molecule has 0 spiro atoms. The highest BCUT2D eigenvalue weighted by molar-refractivity contribution is 5.93. The first-order valence-corrected chi connectivity index (χ1v) is 6.26.